The Morgan fingerprint density at radius 3 is 2.74 bits per heavy atom. The highest BCUT2D eigenvalue weighted by Gasteiger charge is 2.17. The number of hydrogen-bond acceptors (Lipinski definition) is 5. The minimum Gasteiger partial charge on any atom is -0.448 e. The van der Waals surface area contributed by atoms with Gasteiger partial charge in [0.1, 0.15) is 0 Å². The maximum absolute atomic E-state index is 11.7. The number of esters is 1. The number of rotatable bonds is 6. The third-order valence-corrected chi connectivity index (χ3v) is 2.48. The van der Waals surface area contributed by atoms with Crippen molar-refractivity contribution in [2.75, 3.05) is 0 Å². The second-order valence-corrected chi connectivity index (χ2v) is 4.08. The molecule has 0 saturated carbocycles. The molecule has 0 aliphatic rings. The summed E-state index contributed by atoms with van der Waals surface area (Å²) in [5.41, 5.74) is 4.68. The van der Waals surface area contributed by atoms with Gasteiger partial charge in [0.05, 0.1) is 0 Å². The second kappa shape index (κ2) is 6.67. The molecule has 0 spiro atoms. The van der Waals surface area contributed by atoms with Gasteiger partial charge in [0.15, 0.2) is 11.8 Å². The Morgan fingerprint density at radius 2 is 2.16 bits per heavy atom. The van der Waals surface area contributed by atoms with E-state index >= 15 is 0 Å². The molecule has 7 heteroatoms. The van der Waals surface area contributed by atoms with Crippen molar-refractivity contribution in [3.05, 3.63) is 28.2 Å². The van der Waals surface area contributed by atoms with Crippen molar-refractivity contribution in [1.29, 1.82) is 0 Å². The molecule has 0 fully saturated rings. The summed E-state index contributed by atoms with van der Waals surface area (Å²) in [5, 5.41) is 3.90. The summed E-state index contributed by atoms with van der Waals surface area (Å²) in [6.45, 7) is 3.78. The number of carbonyl (C=O) groups is 2. The van der Waals surface area contributed by atoms with E-state index in [0.29, 0.717) is 6.54 Å². The van der Waals surface area contributed by atoms with Crippen LogP contribution in [0.5, 0.6) is 0 Å². The van der Waals surface area contributed by atoms with Crippen LogP contribution in [-0.4, -0.2) is 27.8 Å². The van der Waals surface area contributed by atoms with Crippen molar-refractivity contribution in [1.82, 2.24) is 9.78 Å². The van der Waals surface area contributed by atoms with Crippen LogP contribution in [0, 0.1) is 0 Å². The summed E-state index contributed by atoms with van der Waals surface area (Å²) in [4.78, 5) is 34.0. The van der Waals surface area contributed by atoms with Crippen LogP contribution in [0.1, 0.15) is 37.2 Å². The van der Waals surface area contributed by atoms with Crippen LogP contribution in [0.15, 0.2) is 16.9 Å². The third kappa shape index (κ3) is 4.20. The van der Waals surface area contributed by atoms with E-state index in [9.17, 15) is 14.4 Å². The number of primary amides is 1. The van der Waals surface area contributed by atoms with Gasteiger partial charge in [-0.15, -0.1) is 0 Å². The average Bonchev–Trinajstić information content (AvgIpc) is 2.37. The maximum Gasteiger partial charge on any atom is 0.359 e. The molecule has 0 radical (unpaired) electrons. The third-order valence-electron chi connectivity index (χ3n) is 2.48. The molecule has 7 nitrogen and oxygen atoms in total. The highest BCUT2D eigenvalue weighted by molar-refractivity contribution is 5.90. The first kappa shape index (κ1) is 14.9. The fourth-order valence-electron chi connectivity index (χ4n) is 1.30. The molecule has 1 heterocycles. The SMILES string of the molecule is CCCCn1nc(C(=O)OC(C)C(N)=O)ccc1=O. The van der Waals surface area contributed by atoms with Gasteiger partial charge in [0.25, 0.3) is 11.5 Å². The molecule has 1 aromatic heterocycles. The quantitative estimate of drug-likeness (QED) is 0.735. The largest absolute Gasteiger partial charge is 0.448 e. The molecule has 1 rings (SSSR count). The molecule has 0 aliphatic heterocycles. The maximum atomic E-state index is 11.7. The van der Waals surface area contributed by atoms with Gasteiger partial charge in [-0.25, -0.2) is 9.48 Å². The predicted molar refractivity (Wildman–Crippen MR) is 67.5 cm³/mol. The zero-order chi connectivity index (χ0) is 14.4. The van der Waals surface area contributed by atoms with Crippen LogP contribution in [-0.2, 0) is 16.1 Å². The lowest BCUT2D eigenvalue weighted by Crippen LogP contribution is -2.32. The molecule has 0 bridgehead atoms. The first-order valence-corrected chi connectivity index (χ1v) is 6.04. The summed E-state index contributed by atoms with van der Waals surface area (Å²) >= 11 is 0. The van der Waals surface area contributed by atoms with E-state index in [-0.39, 0.29) is 11.3 Å². The Morgan fingerprint density at radius 1 is 1.47 bits per heavy atom. The normalized spacial score (nSPS) is 11.9. The molecule has 1 aromatic rings. The number of carbonyl (C=O) groups excluding carboxylic acids is 2. The molecule has 0 aliphatic carbocycles. The number of hydrogen-bond donors (Lipinski definition) is 1. The number of aromatic nitrogens is 2. The molecule has 104 valence electrons. The van der Waals surface area contributed by atoms with Crippen molar-refractivity contribution >= 4 is 11.9 Å². The first-order valence-electron chi connectivity index (χ1n) is 6.04. The monoisotopic (exact) mass is 267 g/mol. The van der Waals surface area contributed by atoms with E-state index in [1.807, 2.05) is 6.92 Å². The Hall–Kier alpha value is -2.18. The summed E-state index contributed by atoms with van der Waals surface area (Å²) in [5.74, 6) is -1.52. The lowest BCUT2D eigenvalue weighted by molar-refractivity contribution is -0.125. The number of amides is 1. The Bertz CT molecular complexity index is 524. The van der Waals surface area contributed by atoms with Crippen molar-refractivity contribution in [3.8, 4) is 0 Å². The lowest BCUT2D eigenvalue weighted by Gasteiger charge is -2.10. The van der Waals surface area contributed by atoms with E-state index in [0.717, 1.165) is 12.8 Å². The van der Waals surface area contributed by atoms with Crippen molar-refractivity contribution in [2.45, 2.75) is 39.3 Å². The molecule has 1 amide bonds. The fraction of sp³-hybridized carbons (Fsp3) is 0.500. The second-order valence-electron chi connectivity index (χ2n) is 4.08. The molecule has 19 heavy (non-hydrogen) atoms. The molecular weight excluding hydrogens is 250 g/mol. The summed E-state index contributed by atoms with van der Waals surface area (Å²) in [6.07, 6.45) is 0.648. The molecular formula is C12H17N3O4. The number of ether oxygens (including phenoxy) is 1. The summed E-state index contributed by atoms with van der Waals surface area (Å²) in [7, 11) is 0. The predicted octanol–water partition coefficient (Wildman–Crippen LogP) is 0.0740. The van der Waals surface area contributed by atoms with Gasteiger partial charge in [-0.05, 0) is 19.4 Å². The topological polar surface area (TPSA) is 104 Å². The van der Waals surface area contributed by atoms with Gasteiger partial charge in [-0.3, -0.25) is 9.59 Å². The van der Waals surface area contributed by atoms with Crippen molar-refractivity contribution in [3.63, 3.8) is 0 Å². The highest BCUT2D eigenvalue weighted by Crippen LogP contribution is 2.00. The molecule has 1 atom stereocenters. The number of nitrogens with zero attached hydrogens (tertiary/aromatic N) is 2. The Labute approximate surface area is 110 Å². The van der Waals surface area contributed by atoms with Crippen LogP contribution in [0.2, 0.25) is 0 Å². The number of nitrogens with two attached hydrogens (primary N) is 1. The Balaban J connectivity index is 2.86. The van der Waals surface area contributed by atoms with Crippen LogP contribution in [0.25, 0.3) is 0 Å². The molecule has 2 N–H and O–H groups in total. The van der Waals surface area contributed by atoms with Gasteiger partial charge < -0.3 is 10.5 Å². The highest BCUT2D eigenvalue weighted by atomic mass is 16.5. The van der Waals surface area contributed by atoms with Crippen LogP contribution in [0.3, 0.4) is 0 Å². The number of aryl methyl sites for hydroxylation is 1. The summed E-state index contributed by atoms with van der Waals surface area (Å²) < 4.78 is 6.01. The van der Waals surface area contributed by atoms with E-state index in [2.05, 4.69) is 5.10 Å². The van der Waals surface area contributed by atoms with Gasteiger partial charge in [-0.2, -0.15) is 5.10 Å². The molecule has 1 unspecified atom stereocenters. The molecule has 0 aromatic carbocycles. The van der Waals surface area contributed by atoms with E-state index in [1.54, 1.807) is 0 Å². The minimum atomic E-state index is -1.04. The zero-order valence-corrected chi connectivity index (χ0v) is 11.0. The summed E-state index contributed by atoms with van der Waals surface area (Å²) in [6, 6.07) is 2.51. The van der Waals surface area contributed by atoms with Crippen LogP contribution in [0.4, 0.5) is 0 Å². The minimum absolute atomic E-state index is 0.0243. The lowest BCUT2D eigenvalue weighted by atomic mass is 10.3. The van der Waals surface area contributed by atoms with E-state index in [1.165, 1.54) is 23.7 Å². The first-order chi connectivity index (χ1) is 8.95. The smallest absolute Gasteiger partial charge is 0.359 e. The fourth-order valence-corrected chi connectivity index (χ4v) is 1.30. The average molecular weight is 267 g/mol. The van der Waals surface area contributed by atoms with Gasteiger partial charge >= 0.3 is 5.97 Å². The number of unbranched alkanes of at least 4 members (excludes halogenated alkanes) is 1. The van der Waals surface area contributed by atoms with Crippen molar-refractivity contribution < 1.29 is 14.3 Å². The zero-order valence-electron chi connectivity index (χ0n) is 11.0. The van der Waals surface area contributed by atoms with E-state index < -0.39 is 18.0 Å². The molecule has 0 saturated heterocycles. The van der Waals surface area contributed by atoms with Crippen molar-refractivity contribution in [2.24, 2.45) is 5.73 Å². The van der Waals surface area contributed by atoms with E-state index in [4.69, 9.17) is 10.5 Å². The van der Waals surface area contributed by atoms with Crippen LogP contribution >= 0.6 is 0 Å². The standard InChI is InChI=1S/C12H17N3O4/c1-3-4-7-15-10(16)6-5-9(14-15)12(18)19-8(2)11(13)17/h5-6,8H,3-4,7H2,1-2H3,(H2,13,17). The van der Waals surface area contributed by atoms with Gasteiger partial charge in [0.2, 0.25) is 0 Å². The van der Waals surface area contributed by atoms with Gasteiger partial charge in [0, 0.05) is 12.6 Å². The van der Waals surface area contributed by atoms with Gasteiger partial charge in [-0.1, -0.05) is 13.3 Å². The van der Waals surface area contributed by atoms with Crippen LogP contribution < -0.4 is 11.3 Å². The Kier molecular flexibility index (Phi) is 5.23.